The third kappa shape index (κ3) is 4.79. The summed E-state index contributed by atoms with van der Waals surface area (Å²) in [6.07, 6.45) is 0. The van der Waals surface area contributed by atoms with Crippen LogP contribution in [0.3, 0.4) is 0 Å². The molecule has 2 N–H and O–H groups in total. The second-order valence-corrected chi connectivity index (χ2v) is 6.41. The van der Waals surface area contributed by atoms with Gasteiger partial charge in [-0.15, -0.1) is 20.4 Å². The normalized spacial score (nSPS) is 11.2. The van der Waals surface area contributed by atoms with Gasteiger partial charge in [-0.1, -0.05) is 11.3 Å². The zero-order valence-electron chi connectivity index (χ0n) is 13.5. The summed E-state index contributed by atoms with van der Waals surface area (Å²) in [5.74, 6) is 0.732. The molecule has 1 aromatic carbocycles. The Morgan fingerprint density at radius 2 is 1.96 bits per heavy atom. The lowest BCUT2D eigenvalue weighted by Crippen LogP contribution is -2.20. The Hall–Kier alpha value is -1.91. The van der Waals surface area contributed by atoms with E-state index in [-0.39, 0.29) is 12.4 Å². The monoisotopic (exact) mass is 368 g/mol. The Labute approximate surface area is 149 Å². The number of phenolic OH excluding ortho intramolecular Hbond substituents is 1. The summed E-state index contributed by atoms with van der Waals surface area (Å²) in [6, 6.07) is 5.04. The molecule has 10 heteroatoms. The maximum atomic E-state index is 10.1. The van der Waals surface area contributed by atoms with Crippen molar-refractivity contribution in [3.8, 4) is 5.75 Å². The highest BCUT2D eigenvalue weighted by Crippen LogP contribution is 2.33. The summed E-state index contributed by atoms with van der Waals surface area (Å²) in [4.78, 5) is 3.77. The molecule has 0 aliphatic carbocycles. The van der Waals surface area contributed by atoms with Crippen LogP contribution in [0, 0.1) is 0 Å². The van der Waals surface area contributed by atoms with Gasteiger partial charge in [-0.25, -0.2) is 0 Å². The minimum absolute atomic E-state index is 0.0120. The van der Waals surface area contributed by atoms with E-state index in [1.807, 2.05) is 23.9 Å². The molecule has 1 heterocycles. The maximum absolute atomic E-state index is 10.1. The number of benzene rings is 1. The van der Waals surface area contributed by atoms with Crippen molar-refractivity contribution in [2.75, 3.05) is 49.3 Å². The number of hydrogen-bond acceptors (Lipinski definition) is 10. The SMILES string of the molecule is CN(CCO)c1ccc(N=Nc2nnc(N(C)CCS)s2)c(O)c1. The second-order valence-electron chi connectivity index (χ2n) is 5.03. The van der Waals surface area contributed by atoms with Crippen molar-refractivity contribution in [2.45, 2.75) is 0 Å². The minimum atomic E-state index is 0.0120. The fourth-order valence-electron chi connectivity index (χ4n) is 1.86. The predicted molar refractivity (Wildman–Crippen MR) is 99.7 cm³/mol. The van der Waals surface area contributed by atoms with Gasteiger partial charge < -0.3 is 20.0 Å². The van der Waals surface area contributed by atoms with Gasteiger partial charge in [0.15, 0.2) is 0 Å². The number of azo groups is 1. The molecule has 0 saturated heterocycles. The van der Waals surface area contributed by atoms with Gasteiger partial charge in [-0.3, -0.25) is 0 Å². The molecule has 0 radical (unpaired) electrons. The van der Waals surface area contributed by atoms with Crippen molar-refractivity contribution in [2.24, 2.45) is 10.2 Å². The van der Waals surface area contributed by atoms with E-state index in [4.69, 9.17) is 5.11 Å². The molecule has 0 atom stereocenters. The van der Waals surface area contributed by atoms with Crippen LogP contribution in [0.4, 0.5) is 21.6 Å². The molecule has 2 rings (SSSR count). The molecular weight excluding hydrogens is 348 g/mol. The number of aromatic nitrogens is 2. The number of aromatic hydroxyl groups is 1. The number of hydrogen-bond donors (Lipinski definition) is 3. The Kier molecular flexibility index (Phi) is 6.76. The van der Waals surface area contributed by atoms with Crippen molar-refractivity contribution >= 4 is 45.6 Å². The predicted octanol–water partition coefficient (Wildman–Crippen LogP) is 2.45. The summed E-state index contributed by atoms with van der Waals surface area (Å²) in [5.41, 5.74) is 1.13. The molecule has 0 amide bonds. The fourth-order valence-corrected chi connectivity index (χ4v) is 2.81. The first-order valence-corrected chi connectivity index (χ1v) is 8.72. The molecule has 1 aromatic heterocycles. The second kappa shape index (κ2) is 8.81. The number of aliphatic hydroxyl groups excluding tert-OH is 1. The van der Waals surface area contributed by atoms with Crippen LogP contribution in [0.25, 0.3) is 0 Å². The number of phenols is 1. The van der Waals surface area contributed by atoms with Gasteiger partial charge >= 0.3 is 0 Å². The van der Waals surface area contributed by atoms with E-state index >= 15 is 0 Å². The summed E-state index contributed by atoms with van der Waals surface area (Å²) >= 11 is 5.49. The van der Waals surface area contributed by atoms with Gasteiger partial charge in [-0.2, -0.15) is 12.6 Å². The summed E-state index contributed by atoms with van der Waals surface area (Å²) in [6.45, 7) is 1.28. The van der Waals surface area contributed by atoms with Crippen LogP contribution >= 0.6 is 24.0 Å². The number of likely N-dealkylation sites (N-methyl/N-ethyl adjacent to an activating group) is 1. The van der Waals surface area contributed by atoms with Crippen LogP contribution in [0.5, 0.6) is 5.75 Å². The molecule has 0 bridgehead atoms. The van der Waals surface area contributed by atoms with Gasteiger partial charge in [0, 0.05) is 44.7 Å². The Bertz CT molecular complexity index is 694. The van der Waals surface area contributed by atoms with Gasteiger partial charge in [0.2, 0.25) is 5.13 Å². The molecule has 0 aliphatic rings. The van der Waals surface area contributed by atoms with Crippen LogP contribution in [0.1, 0.15) is 0 Å². The standard InChI is InChI=1S/C14H20N6O2S2/c1-19(5-7-21)10-3-4-11(12(22)9-10)15-16-13-17-18-14(24-13)20(2)6-8-23/h3-4,9,21-23H,5-8H2,1-2H3. The molecule has 0 fully saturated rings. The molecule has 0 aliphatic heterocycles. The van der Waals surface area contributed by atoms with E-state index in [0.29, 0.717) is 17.4 Å². The first kappa shape index (κ1) is 18.4. The third-order valence-electron chi connectivity index (χ3n) is 3.24. The van der Waals surface area contributed by atoms with Crippen LogP contribution < -0.4 is 9.80 Å². The highest BCUT2D eigenvalue weighted by molar-refractivity contribution is 7.80. The highest BCUT2D eigenvalue weighted by atomic mass is 32.1. The Balaban J connectivity index is 2.09. The van der Waals surface area contributed by atoms with Gasteiger partial charge in [0.05, 0.1) is 6.61 Å². The van der Waals surface area contributed by atoms with Crippen molar-refractivity contribution in [3.63, 3.8) is 0 Å². The molecule has 0 saturated carbocycles. The smallest absolute Gasteiger partial charge is 0.253 e. The summed E-state index contributed by atoms with van der Waals surface area (Å²) in [5, 5.41) is 36.2. The van der Waals surface area contributed by atoms with E-state index in [2.05, 4.69) is 33.1 Å². The van der Waals surface area contributed by atoms with Crippen LogP contribution in [0.15, 0.2) is 28.4 Å². The van der Waals surface area contributed by atoms with E-state index in [1.165, 1.54) is 11.3 Å². The van der Waals surface area contributed by atoms with Crippen LogP contribution in [-0.4, -0.2) is 60.0 Å². The minimum Gasteiger partial charge on any atom is -0.506 e. The van der Waals surface area contributed by atoms with E-state index in [1.54, 1.807) is 18.2 Å². The molecule has 8 nitrogen and oxygen atoms in total. The zero-order chi connectivity index (χ0) is 17.5. The van der Waals surface area contributed by atoms with Gasteiger partial charge in [0.25, 0.3) is 5.13 Å². The van der Waals surface area contributed by atoms with Crippen molar-refractivity contribution in [3.05, 3.63) is 18.2 Å². The fraction of sp³-hybridized carbons (Fsp3) is 0.429. The number of anilines is 2. The van der Waals surface area contributed by atoms with Crippen molar-refractivity contribution < 1.29 is 10.2 Å². The van der Waals surface area contributed by atoms with E-state index in [9.17, 15) is 5.11 Å². The van der Waals surface area contributed by atoms with E-state index < -0.39 is 0 Å². The lowest BCUT2D eigenvalue weighted by atomic mass is 10.2. The summed E-state index contributed by atoms with van der Waals surface area (Å²) < 4.78 is 0. The Morgan fingerprint density at radius 1 is 1.17 bits per heavy atom. The highest BCUT2D eigenvalue weighted by Gasteiger charge is 2.09. The number of thiol groups is 1. The van der Waals surface area contributed by atoms with Crippen molar-refractivity contribution in [1.29, 1.82) is 0 Å². The summed E-state index contributed by atoms with van der Waals surface area (Å²) in [7, 11) is 3.74. The molecule has 24 heavy (non-hydrogen) atoms. The number of rotatable bonds is 8. The quantitative estimate of drug-likeness (QED) is 0.489. The first-order valence-electron chi connectivity index (χ1n) is 7.27. The molecular formula is C14H20N6O2S2. The molecule has 0 spiro atoms. The van der Waals surface area contributed by atoms with E-state index in [0.717, 1.165) is 23.1 Å². The maximum Gasteiger partial charge on any atom is 0.253 e. The average molecular weight is 368 g/mol. The topological polar surface area (TPSA) is 97.4 Å². The largest absolute Gasteiger partial charge is 0.506 e. The Morgan fingerprint density at radius 3 is 2.62 bits per heavy atom. The third-order valence-corrected chi connectivity index (χ3v) is 4.37. The number of nitrogens with zero attached hydrogens (tertiary/aromatic N) is 6. The van der Waals surface area contributed by atoms with Crippen LogP contribution in [0.2, 0.25) is 0 Å². The molecule has 130 valence electrons. The van der Waals surface area contributed by atoms with Crippen molar-refractivity contribution in [1.82, 2.24) is 10.2 Å². The lowest BCUT2D eigenvalue weighted by molar-refractivity contribution is 0.304. The zero-order valence-corrected chi connectivity index (χ0v) is 15.2. The number of aliphatic hydroxyl groups is 1. The van der Waals surface area contributed by atoms with Gasteiger partial charge in [0.1, 0.15) is 11.4 Å². The lowest BCUT2D eigenvalue weighted by Gasteiger charge is -2.18. The average Bonchev–Trinajstić information content (AvgIpc) is 3.03. The molecule has 2 aromatic rings. The molecule has 0 unspecified atom stereocenters. The van der Waals surface area contributed by atoms with Gasteiger partial charge in [-0.05, 0) is 12.1 Å². The van der Waals surface area contributed by atoms with Crippen LogP contribution in [-0.2, 0) is 0 Å². The first-order chi connectivity index (χ1) is 11.5.